The molecule has 0 aliphatic heterocycles. The maximum atomic E-state index is 6.25. The average Bonchev–Trinajstić information content (AvgIpc) is 3.38. The van der Waals surface area contributed by atoms with Gasteiger partial charge < -0.3 is 4.42 Å². The molecule has 0 amide bonds. The second kappa shape index (κ2) is 7.82. The monoisotopic (exact) mass is 496 g/mol. The first kappa shape index (κ1) is 21.1. The molecule has 5 aromatic rings. The van der Waals surface area contributed by atoms with Gasteiger partial charge in [-0.3, -0.25) is 0 Å². The summed E-state index contributed by atoms with van der Waals surface area (Å²) in [5.41, 5.74) is 12.6. The Labute approximate surface area is 226 Å². The van der Waals surface area contributed by atoms with Gasteiger partial charge in [0.2, 0.25) is 0 Å². The van der Waals surface area contributed by atoms with Crippen molar-refractivity contribution in [1.29, 1.82) is 0 Å². The predicted octanol–water partition coefficient (Wildman–Crippen LogP) is 9.75. The Balaban J connectivity index is 1.22. The number of hydrogen-bond acceptors (Lipinski definition) is 1. The maximum absolute atomic E-state index is 6.25. The van der Waals surface area contributed by atoms with Crippen molar-refractivity contribution < 1.29 is 4.42 Å². The zero-order valence-corrected chi connectivity index (χ0v) is 21.3. The molecule has 0 N–H and O–H groups in total. The highest BCUT2D eigenvalue weighted by Crippen LogP contribution is 2.54. The van der Waals surface area contributed by atoms with Gasteiger partial charge >= 0.3 is 0 Å². The van der Waals surface area contributed by atoms with E-state index in [4.69, 9.17) is 4.42 Å². The molecule has 182 valence electrons. The van der Waals surface area contributed by atoms with Gasteiger partial charge in [0.15, 0.2) is 0 Å². The van der Waals surface area contributed by atoms with Crippen molar-refractivity contribution in [2.75, 3.05) is 0 Å². The number of rotatable bonds is 2. The van der Waals surface area contributed by atoms with Crippen LogP contribution in [-0.2, 0) is 0 Å². The van der Waals surface area contributed by atoms with E-state index in [-0.39, 0.29) is 0 Å². The van der Waals surface area contributed by atoms with Crippen LogP contribution in [-0.4, -0.2) is 0 Å². The number of furan rings is 1. The smallest absolute Gasteiger partial charge is 0.136 e. The fraction of sp³-hybridized carbons (Fsp3) is 0.0526. The van der Waals surface area contributed by atoms with E-state index < -0.39 is 0 Å². The van der Waals surface area contributed by atoms with Gasteiger partial charge in [0, 0.05) is 22.6 Å². The van der Waals surface area contributed by atoms with Gasteiger partial charge in [0.05, 0.1) is 0 Å². The van der Waals surface area contributed by atoms with E-state index in [9.17, 15) is 0 Å². The second-order valence-electron chi connectivity index (χ2n) is 10.9. The molecule has 0 saturated heterocycles. The highest BCUT2D eigenvalue weighted by Gasteiger charge is 2.40. The number of hydrogen-bond donors (Lipinski definition) is 0. The van der Waals surface area contributed by atoms with Crippen LogP contribution in [0.5, 0.6) is 0 Å². The van der Waals surface area contributed by atoms with E-state index in [0.717, 1.165) is 11.2 Å². The highest BCUT2D eigenvalue weighted by atomic mass is 16.3. The summed E-state index contributed by atoms with van der Waals surface area (Å²) in [6, 6.07) is 30.3. The Morgan fingerprint density at radius 2 is 1.36 bits per heavy atom. The van der Waals surface area contributed by atoms with Gasteiger partial charge in [-0.1, -0.05) is 115 Å². The molecule has 39 heavy (non-hydrogen) atoms. The molecule has 4 aromatic carbocycles. The summed E-state index contributed by atoms with van der Waals surface area (Å²) >= 11 is 0. The Kier molecular flexibility index (Phi) is 4.23. The van der Waals surface area contributed by atoms with Crippen molar-refractivity contribution in [2.45, 2.75) is 0 Å². The van der Waals surface area contributed by atoms with Crippen molar-refractivity contribution in [1.82, 2.24) is 0 Å². The van der Waals surface area contributed by atoms with E-state index in [0.29, 0.717) is 11.8 Å². The molecule has 0 saturated carbocycles. The standard InChI is InChI=1S/C38H24O/c1-2-7-26-22-27(13-12-23(26)6-1)28-18-14-24-17-21-32-29(19-15-25-16-20-31(28)36(24)37(25)32)30-9-5-11-35-38(30)33-8-3-4-10-34(33)39-35/h1-22,36-37H. The summed E-state index contributed by atoms with van der Waals surface area (Å²) in [4.78, 5) is 0. The van der Waals surface area contributed by atoms with Gasteiger partial charge in [-0.05, 0) is 73.5 Å². The van der Waals surface area contributed by atoms with E-state index in [1.165, 1.54) is 66.1 Å². The minimum absolute atomic E-state index is 0.304. The Hall–Kier alpha value is -4.88. The lowest BCUT2D eigenvalue weighted by molar-refractivity contribution is 0.569. The molecule has 0 bridgehead atoms. The molecule has 2 unspecified atom stereocenters. The molecule has 1 heteroatoms. The molecule has 0 radical (unpaired) electrons. The third kappa shape index (κ3) is 2.96. The van der Waals surface area contributed by atoms with Gasteiger partial charge in [0.25, 0.3) is 0 Å². The molecule has 1 heterocycles. The lowest BCUT2D eigenvalue weighted by atomic mass is 9.61. The van der Waals surface area contributed by atoms with Crippen LogP contribution in [0.1, 0.15) is 11.1 Å². The minimum Gasteiger partial charge on any atom is -0.456 e. The van der Waals surface area contributed by atoms with Gasteiger partial charge in [0.1, 0.15) is 11.2 Å². The lowest BCUT2D eigenvalue weighted by Crippen LogP contribution is -2.30. The van der Waals surface area contributed by atoms with Gasteiger partial charge in [-0.15, -0.1) is 0 Å². The first-order chi connectivity index (χ1) is 19.3. The molecular weight excluding hydrogens is 472 g/mol. The summed E-state index contributed by atoms with van der Waals surface area (Å²) in [6.07, 6.45) is 18.7. The average molecular weight is 497 g/mol. The first-order valence-corrected chi connectivity index (χ1v) is 13.7. The van der Waals surface area contributed by atoms with Crippen LogP contribution in [0.15, 0.2) is 160 Å². The van der Waals surface area contributed by atoms with E-state index in [2.05, 4.69) is 127 Å². The summed E-state index contributed by atoms with van der Waals surface area (Å²) in [5, 5.41) is 4.94. The third-order valence-corrected chi connectivity index (χ3v) is 8.89. The van der Waals surface area contributed by atoms with E-state index in [1.807, 2.05) is 6.07 Å². The Morgan fingerprint density at radius 3 is 2.33 bits per heavy atom. The third-order valence-electron chi connectivity index (χ3n) is 8.89. The van der Waals surface area contributed by atoms with Crippen LogP contribution in [0, 0.1) is 11.8 Å². The Bertz CT molecular complexity index is 2110. The first-order valence-electron chi connectivity index (χ1n) is 13.7. The molecule has 1 aromatic heterocycles. The topological polar surface area (TPSA) is 13.1 Å². The molecule has 9 rings (SSSR count). The Morgan fingerprint density at radius 1 is 0.564 bits per heavy atom. The van der Waals surface area contributed by atoms with Crippen molar-refractivity contribution in [2.24, 2.45) is 11.8 Å². The van der Waals surface area contributed by atoms with Crippen LogP contribution in [0.2, 0.25) is 0 Å². The summed E-state index contributed by atoms with van der Waals surface area (Å²) in [6.45, 7) is 0. The minimum atomic E-state index is 0.304. The van der Waals surface area contributed by atoms with Crippen LogP contribution in [0.4, 0.5) is 0 Å². The fourth-order valence-corrected chi connectivity index (χ4v) is 7.14. The van der Waals surface area contributed by atoms with Crippen LogP contribution in [0.3, 0.4) is 0 Å². The van der Waals surface area contributed by atoms with Gasteiger partial charge in [-0.2, -0.15) is 0 Å². The maximum Gasteiger partial charge on any atom is 0.136 e. The van der Waals surface area contributed by atoms with Crippen LogP contribution >= 0.6 is 0 Å². The highest BCUT2D eigenvalue weighted by molar-refractivity contribution is 6.12. The van der Waals surface area contributed by atoms with Crippen molar-refractivity contribution >= 4 is 43.9 Å². The molecule has 2 atom stereocenters. The number of benzene rings is 4. The zero-order valence-electron chi connectivity index (χ0n) is 21.3. The molecule has 0 spiro atoms. The quantitative estimate of drug-likeness (QED) is 0.237. The molecular formula is C38H24O. The molecule has 4 aliphatic carbocycles. The number of allylic oxidation sites excluding steroid dienone is 14. The normalized spacial score (nSPS) is 21.1. The fourth-order valence-electron chi connectivity index (χ4n) is 7.14. The van der Waals surface area contributed by atoms with E-state index >= 15 is 0 Å². The van der Waals surface area contributed by atoms with E-state index in [1.54, 1.807) is 0 Å². The summed E-state index contributed by atoms with van der Waals surface area (Å²) in [5.74, 6) is 0.621. The van der Waals surface area contributed by atoms with Crippen molar-refractivity contribution in [3.05, 3.63) is 167 Å². The lowest BCUT2D eigenvalue weighted by Gasteiger charge is -2.42. The zero-order chi connectivity index (χ0) is 25.5. The number of para-hydroxylation sites is 1. The largest absolute Gasteiger partial charge is 0.456 e. The molecule has 0 fully saturated rings. The van der Waals surface area contributed by atoms with Crippen molar-refractivity contribution in [3.63, 3.8) is 0 Å². The summed E-state index contributed by atoms with van der Waals surface area (Å²) in [7, 11) is 0. The second-order valence-corrected chi connectivity index (χ2v) is 10.9. The molecule has 4 aliphatic rings. The van der Waals surface area contributed by atoms with Crippen LogP contribution < -0.4 is 0 Å². The van der Waals surface area contributed by atoms with Crippen molar-refractivity contribution in [3.8, 4) is 0 Å². The SMILES string of the molecule is C1=CC2=C(c3ccc4ccccc4c3)C=CC3=CC=C4C(c5cccc6oc7ccccc7c56)=CC=C1C4C32. The summed E-state index contributed by atoms with van der Waals surface area (Å²) < 4.78 is 6.25. The van der Waals surface area contributed by atoms with Crippen LogP contribution in [0.25, 0.3) is 43.9 Å². The predicted molar refractivity (Wildman–Crippen MR) is 162 cm³/mol. The number of fused-ring (bicyclic) bond motifs is 4. The molecule has 1 nitrogen and oxygen atoms in total. The van der Waals surface area contributed by atoms with Gasteiger partial charge in [-0.25, -0.2) is 0 Å².